The fourth-order valence-electron chi connectivity index (χ4n) is 4.74. The van der Waals surface area contributed by atoms with E-state index < -0.39 is 6.04 Å². The van der Waals surface area contributed by atoms with Crippen molar-refractivity contribution in [2.24, 2.45) is 0 Å². The van der Waals surface area contributed by atoms with Crippen molar-refractivity contribution in [1.82, 2.24) is 10.2 Å². The van der Waals surface area contributed by atoms with E-state index in [1.165, 1.54) is 6.42 Å². The molecule has 1 saturated carbocycles. The molecule has 5 nitrogen and oxygen atoms in total. The molecule has 2 aromatic carbocycles. The quantitative estimate of drug-likeness (QED) is 0.405. The number of amides is 2. The SMILES string of the molecule is COc1ccc(CCN(C(=O)Cc2ccsc2)C(C(=O)NC2CCCCC2)c2ccccc2)cc1. The normalized spacial score (nSPS) is 14.8. The van der Waals surface area contributed by atoms with Crippen LogP contribution in [0.3, 0.4) is 0 Å². The van der Waals surface area contributed by atoms with E-state index in [9.17, 15) is 9.59 Å². The molecule has 2 amide bonds. The molecule has 1 unspecified atom stereocenters. The molecule has 1 N–H and O–H groups in total. The van der Waals surface area contributed by atoms with Gasteiger partial charge < -0.3 is 15.0 Å². The Bertz CT molecular complexity index is 1060. The van der Waals surface area contributed by atoms with Gasteiger partial charge in [-0.05, 0) is 64.9 Å². The van der Waals surface area contributed by atoms with E-state index >= 15 is 0 Å². The summed E-state index contributed by atoms with van der Waals surface area (Å²) in [5.74, 6) is 0.675. The van der Waals surface area contributed by atoms with Crippen molar-refractivity contribution in [3.05, 3.63) is 88.1 Å². The molecule has 0 aliphatic heterocycles. The summed E-state index contributed by atoms with van der Waals surface area (Å²) in [5.41, 5.74) is 2.92. The first-order chi connectivity index (χ1) is 17.1. The zero-order valence-corrected chi connectivity index (χ0v) is 21.1. The maximum absolute atomic E-state index is 13.7. The number of hydrogen-bond donors (Lipinski definition) is 1. The van der Waals surface area contributed by atoms with Crippen LogP contribution in [-0.4, -0.2) is 36.4 Å². The Hall–Kier alpha value is -3.12. The standard InChI is InChI=1S/C29H34N2O3S/c1-34-26-14-12-22(13-15-26)16-18-31(27(32)20-23-17-19-35-21-23)28(24-8-4-2-5-9-24)29(33)30-25-10-6-3-7-11-25/h2,4-5,8-9,12-15,17,19,21,25,28H,3,6-7,10-11,16,18,20H2,1H3,(H,30,33). The van der Waals surface area contributed by atoms with Gasteiger partial charge in [0.25, 0.3) is 0 Å². The minimum Gasteiger partial charge on any atom is -0.497 e. The van der Waals surface area contributed by atoms with E-state index in [0.717, 1.165) is 48.1 Å². The maximum atomic E-state index is 13.7. The average molecular weight is 491 g/mol. The summed E-state index contributed by atoms with van der Waals surface area (Å²) in [6.07, 6.45) is 6.44. The third kappa shape index (κ3) is 6.95. The fraction of sp³-hybridized carbons (Fsp3) is 0.379. The summed E-state index contributed by atoms with van der Waals surface area (Å²) in [5, 5.41) is 7.26. The van der Waals surface area contributed by atoms with Crippen molar-refractivity contribution in [3.63, 3.8) is 0 Å². The summed E-state index contributed by atoms with van der Waals surface area (Å²) in [7, 11) is 1.65. The lowest BCUT2D eigenvalue weighted by Crippen LogP contribution is -2.48. The highest BCUT2D eigenvalue weighted by Gasteiger charge is 2.32. The van der Waals surface area contributed by atoms with Crippen molar-refractivity contribution in [1.29, 1.82) is 0 Å². The van der Waals surface area contributed by atoms with Gasteiger partial charge in [0.15, 0.2) is 0 Å². The molecule has 3 aromatic rings. The molecule has 1 atom stereocenters. The van der Waals surface area contributed by atoms with Gasteiger partial charge in [0, 0.05) is 12.6 Å². The second-order valence-corrected chi connectivity index (χ2v) is 9.93. The maximum Gasteiger partial charge on any atom is 0.247 e. The van der Waals surface area contributed by atoms with Gasteiger partial charge in [0.1, 0.15) is 11.8 Å². The van der Waals surface area contributed by atoms with E-state index in [4.69, 9.17) is 4.74 Å². The highest BCUT2D eigenvalue weighted by molar-refractivity contribution is 7.08. The van der Waals surface area contributed by atoms with Crippen LogP contribution in [0.4, 0.5) is 0 Å². The zero-order valence-electron chi connectivity index (χ0n) is 20.3. The molecule has 0 radical (unpaired) electrons. The van der Waals surface area contributed by atoms with Gasteiger partial charge in [0.05, 0.1) is 13.5 Å². The third-order valence-electron chi connectivity index (χ3n) is 6.68. The lowest BCUT2D eigenvalue weighted by molar-refractivity contribution is -0.140. The minimum absolute atomic E-state index is 0.0374. The number of carbonyl (C=O) groups is 2. The Labute approximate surface area is 212 Å². The first-order valence-corrected chi connectivity index (χ1v) is 13.4. The minimum atomic E-state index is -0.664. The summed E-state index contributed by atoms with van der Waals surface area (Å²) < 4.78 is 5.27. The number of methoxy groups -OCH3 is 1. The van der Waals surface area contributed by atoms with Gasteiger partial charge in [-0.25, -0.2) is 0 Å². The van der Waals surface area contributed by atoms with Gasteiger partial charge in [0.2, 0.25) is 11.8 Å². The van der Waals surface area contributed by atoms with E-state index in [1.54, 1.807) is 23.3 Å². The van der Waals surface area contributed by atoms with Crippen LogP contribution >= 0.6 is 11.3 Å². The number of nitrogens with one attached hydrogen (secondary N) is 1. The number of nitrogens with zero attached hydrogens (tertiary/aromatic N) is 1. The van der Waals surface area contributed by atoms with E-state index in [0.29, 0.717) is 13.0 Å². The predicted molar refractivity (Wildman–Crippen MR) is 141 cm³/mol. The molecule has 6 heteroatoms. The van der Waals surface area contributed by atoms with Crippen LogP contribution in [0.1, 0.15) is 54.8 Å². The third-order valence-corrected chi connectivity index (χ3v) is 7.42. The molecular formula is C29H34N2O3S. The van der Waals surface area contributed by atoms with Crippen LogP contribution in [0.25, 0.3) is 0 Å². The molecular weight excluding hydrogens is 456 g/mol. The lowest BCUT2D eigenvalue weighted by Gasteiger charge is -2.33. The van der Waals surface area contributed by atoms with Crippen LogP contribution < -0.4 is 10.1 Å². The predicted octanol–water partition coefficient (Wildman–Crippen LogP) is 5.56. The van der Waals surface area contributed by atoms with Crippen LogP contribution in [-0.2, 0) is 22.4 Å². The monoisotopic (exact) mass is 490 g/mol. The topological polar surface area (TPSA) is 58.6 Å². The van der Waals surface area contributed by atoms with Crippen LogP contribution in [0.2, 0.25) is 0 Å². The van der Waals surface area contributed by atoms with Crippen LogP contribution in [0, 0.1) is 0 Å². The molecule has 1 aliphatic rings. The summed E-state index contributed by atoms with van der Waals surface area (Å²) >= 11 is 1.58. The Morgan fingerprint density at radius 2 is 1.74 bits per heavy atom. The molecule has 1 aromatic heterocycles. The van der Waals surface area contributed by atoms with Crippen molar-refractivity contribution in [2.45, 2.75) is 57.0 Å². The highest BCUT2D eigenvalue weighted by Crippen LogP contribution is 2.26. The number of benzene rings is 2. The van der Waals surface area contributed by atoms with Gasteiger partial charge in [-0.1, -0.05) is 61.7 Å². The zero-order chi connectivity index (χ0) is 24.5. The smallest absolute Gasteiger partial charge is 0.247 e. The number of hydrogen-bond acceptors (Lipinski definition) is 4. The van der Waals surface area contributed by atoms with Gasteiger partial charge in [-0.15, -0.1) is 0 Å². The Balaban J connectivity index is 1.60. The van der Waals surface area contributed by atoms with Gasteiger partial charge in [-0.2, -0.15) is 11.3 Å². The lowest BCUT2D eigenvalue weighted by atomic mass is 9.94. The summed E-state index contributed by atoms with van der Waals surface area (Å²) in [6.45, 7) is 0.451. The van der Waals surface area contributed by atoms with Crippen molar-refractivity contribution in [3.8, 4) is 5.75 Å². The molecule has 0 saturated heterocycles. The van der Waals surface area contributed by atoms with Crippen molar-refractivity contribution < 1.29 is 14.3 Å². The number of carbonyl (C=O) groups excluding carboxylic acids is 2. The van der Waals surface area contributed by atoms with Gasteiger partial charge >= 0.3 is 0 Å². The molecule has 184 valence electrons. The number of thiophene rings is 1. The van der Waals surface area contributed by atoms with Crippen molar-refractivity contribution in [2.75, 3.05) is 13.7 Å². The number of rotatable bonds is 10. The molecule has 1 fully saturated rings. The molecule has 35 heavy (non-hydrogen) atoms. The Morgan fingerprint density at radius 1 is 1.00 bits per heavy atom. The molecule has 1 aliphatic carbocycles. The summed E-state index contributed by atoms with van der Waals surface area (Å²) in [4.78, 5) is 29.2. The Morgan fingerprint density at radius 3 is 2.40 bits per heavy atom. The average Bonchev–Trinajstić information content (AvgIpc) is 3.41. The fourth-order valence-corrected chi connectivity index (χ4v) is 5.41. The Kier molecular flexibility index (Phi) is 8.96. The second kappa shape index (κ2) is 12.5. The molecule has 0 bridgehead atoms. The molecule has 1 heterocycles. The largest absolute Gasteiger partial charge is 0.497 e. The molecule has 4 rings (SSSR count). The second-order valence-electron chi connectivity index (χ2n) is 9.15. The van der Waals surface area contributed by atoms with E-state index in [2.05, 4.69) is 5.32 Å². The van der Waals surface area contributed by atoms with Crippen molar-refractivity contribution >= 4 is 23.2 Å². The van der Waals surface area contributed by atoms with Crippen LogP contribution in [0.5, 0.6) is 5.75 Å². The van der Waals surface area contributed by atoms with E-state index in [1.807, 2.05) is 71.4 Å². The van der Waals surface area contributed by atoms with Crippen LogP contribution in [0.15, 0.2) is 71.4 Å². The molecule has 0 spiro atoms. The first kappa shape index (κ1) is 25.0. The summed E-state index contributed by atoms with van der Waals surface area (Å²) in [6, 6.07) is 19.1. The first-order valence-electron chi connectivity index (χ1n) is 12.4. The van der Waals surface area contributed by atoms with E-state index in [-0.39, 0.29) is 24.3 Å². The van der Waals surface area contributed by atoms with Gasteiger partial charge in [-0.3, -0.25) is 9.59 Å². The number of ether oxygens (including phenoxy) is 1. The highest BCUT2D eigenvalue weighted by atomic mass is 32.1.